The molecular formula is C15H19N3O6S. The molecule has 0 saturated carbocycles. The molecule has 0 aliphatic rings. The van der Waals surface area contributed by atoms with Crippen molar-refractivity contribution in [2.45, 2.75) is 19.8 Å². The monoisotopic (exact) mass is 369 g/mol. The summed E-state index contributed by atoms with van der Waals surface area (Å²) in [5.74, 6) is -0.983. The number of nitro groups is 1. The lowest BCUT2D eigenvalue weighted by Gasteiger charge is -2.10. The average Bonchev–Trinajstić information content (AvgIpc) is 2.54. The van der Waals surface area contributed by atoms with Crippen LogP contribution in [0.2, 0.25) is 0 Å². The molecule has 25 heavy (non-hydrogen) atoms. The van der Waals surface area contributed by atoms with Crippen LogP contribution in [0.4, 0.5) is 11.4 Å². The molecule has 0 atom stereocenters. The first-order valence-electron chi connectivity index (χ1n) is 7.34. The van der Waals surface area contributed by atoms with Crippen LogP contribution in [0.5, 0.6) is 0 Å². The maximum absolute atomic E-state index is 11.7. The van der Waals surface area contributed by atoms with Crippen molar-refractivity contribution in [1.29, 1.82) is 0 Å². The number of methoxy groups -OCH3 is 1. The maximum atomic E-state index is 11.7. The van der Waals surface area contributed by atoms with Crippen LogP contribution in [-0.4, -0.2) is 42.2 Å². The highest BCUT2D eigenvalue weighted by Gasteiger charge is 2.13. The highest BCUT2D eigenvalue weighted by Crippen LogP contribution is 2.22. The van der Waals surface area contributed by atoms with Crippen molar-refractivity contribution in [3.8, 4) is 0 Å². The number of anilines is 1. The number of nitro benzene ring substituents is 1. The minimum atomic E-state index is -0.514. The second-order valence-electron chi connectivity index (χ2n) is 4.97. The van der Waals surface area contributed by atoms with Crippen molar-refractivity contribution >= 4 is 40.6 Å². The highest BCUT2D eigenvalue weighted by molar-refractivity contribution is 7.80. The summed E-state index contributed by atoms with van der Waals surface area (Å²) in [4.78, 5) is 33.5. The lowest BCUT2D eigenvalue weighted by Crippen LogP contribution is -2.34. The summed E-state index contributed by atoms with van der Waals surface area (Å²) in [5, 5.41) is 16.0. The number of amides is 1. The Kier molecular flexibility index (Phi) is 8.44. The number of rotatable bonds is 8. The summed E-state index contributed by atoms with van der Waals surface area (Å²) in [6, 6.07) is 4.50. The molecule has 0 aromatic heterocycles. The molecule has 1 rings (SSSR count). The summed E-state index contributed by atoms with van der Waals surface area (Å²) >= 11 is 4.97. The quantitative estimate of drug-likeness (QED) is 0.233. The van der Waals surface area contributed by atoms with Gasteiger partial charge in [-0.15, -0.1) is 0 Å². The van der Waals surface area contributed by atoms with E-state index in [0.29, 0.717) is 11.3 Å². The Morgan fingerprint density at radius 3 is 2.64 bits per heavy atom. The van der Waals surface area contributed by atoms with Gasteiger partial charge in [0.05, 0.1) is 18.0 Å². The van der Waals surface area contributed by atoms with E-state index in [2.05, 4.69) is 10.6 Å². The van der Waals surface area contributed by atoms with E-state index in [1.165, 1.54) is 13.2 Å². The molecule has 0 aliphatic carbocycles. The van der Waals surface area contributed by atoms with Gasteiger partial charge in [0.1, 0.15) is 6.61 Å². The molecule has 1 aromatic carbocycles. The number of aryl methyl sites for hydroxylation is 1. The van der Waals surface area contributed by atoms with Crippen molar-refractivity contribution in [3.05, 3.63) is 33.9 Å². The molecule has 10 heteroatoms. The van der Waals surface area contributed by atoms with Crippen LogP contribution in [0.15, 0.2) is 18.2 Å². The minimum absolute atomic E-state index is 0.0177. The molecule has 0 unspecified atom stereocenters. The molecule has 1 aromatic rings. The zero-order chi connectivity index (χ0) is 18.8. The van der Waals surface area contributed by atoms with E-state index in [4.69, 9.17) is 21.7 Å². The number of carbonyl (C=O) groups is 2. The van der Waals surface area contributed by atoms with E-state index >= 15 is 0 Å². The average molecular weight is 369 g/mol. The third kappa shape index (κ3) is 7.68. The smallest absolute Gasteiger partial charge is 0.306 e. The number of benzene rings is 1. The van der Waals surface area contributed by atoms with E-state index in [1.54, 1.807) is 19.1 Å². The van der Waals surface area contributed by atoms with Gasteiger partial charge in [-0.1, -0.05) is 6.07 Å². The number of esters is 1. The SMILES string of the molecule is COCCOC(=O)CCC(=O)NC(=S)Nc1ccc(C)c([N+](=O)[O-])c1. The first-order chi connectivity index (χ1) is 11.8. The number of nitrogens with zero attached hydrogens (tertiary/aromatic N) is 1. The fourth-order valence-corrected chi connectivity index (χ4v) is 1.99. The van der Waals surface area contributed by atoms with Gasteiger partial charge in [-0.25, -0.2) is 0 Å². The Labute approximate surface area is 149 Å². The maximum Gasteiger partial charge on any atom is 0.306 e. The molecule has 0 heterocycles. The molecule has 0 bridgehead atoms. The summed E-state index contributed by atoms with van der Waals surface area (Å²) in [6.07, 6.45) is -0.185. The Morgan fingerprint density at radius 1 is 1.28 bits per heavy atom. The number of nitrogens with one attached hydrogen (secondary N) is 2. The zero-order valence-electron chi connectivity index (χ0n) is 13.9. The molecule has 0 saturated heterocycles. The van der Waals surface area contributed by atoms with Gasteiger partial charge in [0.2, 0.25) is 5.91 Å². The third-order valence-corrected chi connectivity index (χ3v) is 3.23. The summed E-state index contributed by atoms with van der Waals surface area (Å²) in [7, 11) is 1.48. The lowest BCUT2D eigenvalue weighted by molar-refractivity contribution is -0.385. The van der Waals surface area contributed by atoms with Gasteiger partial charge in [-0.3, -0.25) is 19.7 Å². The predicted octanol–water partition coefficient (Wildman–Crippen LogP) is 1.69. The van der Waals surface area contributed by atoms with E-state index in [-0.39, 0.29) is 36.9 Å². The van der Waals surface area contributed by atoms with Crippen molar-refractivity contribution in [3.63, 3.8) is 0 Å². The number of hydrogen-bond donors (Lipinski definition) is 2. The minimum Gasteiger partial charge on any atom is -0.463 e. The van der Waals surface area contributed by atoms with E-state index in [1.807, 2.05) is 0 Å². The summed E-state index contributed by atoms with van der Waals surface area (Å²) in [5.41, 5.74) is 0.831. The molecular weight excluding hydrogens is 350 g/mol. The van der Waals surface area contributed by atoms with Gasteiger partial charge >= 0.3 is 5.97 Å². The Hall–Kier alpha value is -2.59. The van der Waals surface area contributed by atoms with Crippen LogP contribution in [-0.2, 0) is 19.1 Å². The van der Waals surface area contributed by atoms with Crippen LogP contribution >= 0.6 is 12.2 Å². The van der Waals surface area contributed by atoms with Gasteiger partial charge < -0.3 is 20.1 Å². The van der Waals surface area contributed by atoms with Gasteiger partial charge in [-0.2, -0.15) is 0 Å². The van der Waals surface area contributed by atoms with Crippen molar-refractivity contribution in [1.82, 2.24) is 5.32 Å². The second kappa shape index (κ2) is 10.3. The fourth-order valence-electron chi connectivity index (χ4n) is 1.76. The van der Waals surface area contributed by atoms with Gasteiger partial charge in [0, 0.05) is 30.8 Å². The van der Waals surface area contributed by atoms with Crippen LogP contribution in [0.3, 0.4) is 0 Å². The van der Waals surface area contributed by atoms with Gasteiger partial charge in [0.25, 0.3) is 5.69 Å². The van der Waals surface area contributed by atoms with E-state index < -0.39 is 16.8 Å². The number of carbonyl (C=O) groups excluding carboxylic acids is 2. The molecule has 0 spiro atoms. The number of ether oxygens (including phenoxy) is 2. The van der Waals surface area contributed by atoms with Crippen molar-refractivity contribution in [2.24, 2.45) is 0 Å². The molecule has 0 fully saturated rings. The van der Waals surface area contributed by atoms with Crippen molar-refractivity contribution in [2.75, 3.05) is 25.6 Å². The summed E-state index contributed by atoms with van der Waals surface area (Å²) in [6.45, 7) is 2.03. The van der Waals surface area contributed by atoms with Crippen LogP contribution in [0.1, 0.15) is 18.4 Å². The second-order valence-corrected chi connectivity index (χ2v) is 5.38. The standard InChI is InChI=1S/C15H19N3O6S/c1-10-3-4-11(9-12(10)18(21)22)16-15(25)17-13(19)5-6-14(20)24-8-7-23-2/h3-4,9H,5-8H2,1-2H3,(H2,16,17,19,25). The van der Waals surface area contributed by atoms with Crippen LogP contribution < -0.4 is 10.6 Å². The number of thiocarbonyl (C=S) groups is 1. The normalized spacial score (nSPS) is 10.0. The molecule has 0 radical (unpaired) electrons. The summed E-state index contributed by atoms with van der Waals surface area (Å²) < 4.78 is 9.56. The first kappa shape index (κ1) is 20.5. The topological polar surface area (TPSA) is 120 Å². The highest BCUT2D eigenvalue weighted by atomic mass is 32.1. The largest absolute Gasteiger partial charge is 0.463 e. The van der Waals surface area contributed by atoms with Crippen molar-refractivity contribution < 1.29 is 24.0 Å². The van der Waals surface area contributed by atoms with E-state index in [9.17, 15) is 19.7 Å². The Balaban J connectivity index is 2.43. The first-order valence-corrected chi connectivity index (χ1v) is 7.74. The Bertz CT molecular complexity index is 665. The zero-order valence-corrected chi connectivity index (χ0v) is 14.7. The van der Waals surface area contributed by atoms with Gasteiger partial charge in [0.15, 0.2) is 5.11 Å². The number of hydrogen-bond acceptors (Lipinski definition) is 7. The Morgan fingerprint density at radius 2 is 2.00 bits per heavy atom. The lowest BCUT2D eigenvalue weighted by atomic mass is 10.2. The van der Waals surface area contributed by atoms with E-state index in [0.717, 1.165) is 0 Å². The molecule has 1 amide bonds. The predicted molar refractivity (Wildman–Crippen MR) is 94.3 cm³/mol. The van der Waals surface area contributed by atoms with Gasteiger partial charge in [-0.05, 0) is 25.2 Å². The molecule has 0 aliphatic heterocycles. The van der Waals surface area contributed by atoms with Crippen LogP contribution in [0, 0.1) is 17.0 Å². The molecule has 2 N–H and O–H groups in total. The third-order valence-electron chi connectivity index (χ3n) is 3.02. The molecule has 136 valence electrons. The van der Waals surface area contributed by atoms with Crippen LogP contribution in [0.25, 0.3) is 0 Å². The fraction of sp³-hybridized carbons (Fsp3) is 0.400. The molecule has 9 nitrogen and oxygen atoms in total.